The number of β-amino-alcohol motifs (C(OH)–C–C–N with tert-alkyl or cyclic N) is 1. The summed E-state index contributed by atoms with van der Waals surface area (Å²) in [5.41, 5.74) is 0.553. The van der Waals surface area contributed by atoms with Crippen molar-refractivity contribution in [1.82, 2.24) is 9.80 Å². The van der Waals surface area contributed by atoms with Crippen LogP contribution in [0.25, 0.3) is 0 Å². The topological polar surface area (TPSA) is 47.0 Å². The van der Waals surface area contributed by atoms with E-state index in [-0.39, 0.29) is 11.8 Å². The third kappa shape index (κ3) is 3.42. The molecule has 5 nitrogen and oxygen atoms in total. The van der Waals surface area contributed by atoms with Gasteiger partial charge in [0.15, 0.2) is 0 Å². The normalized spacial score (nSPS) is 28.4. The smallest absolute Gasteiger partial charge is 0.225 e. The lowest BCUT2D eigenvalue weighted by Gasteiger charge is -2.39. The molecule has 3 aliphatic rings. The van der Waals surface area contributed by atoms with Gasteiger partial charge in [0.1, 0.15) is 0 Å². The second kappa shape index (κ2) is 6.37. The van der Waals surface area contributed by atoms with Gasteiger partial charge in [-0.15, -0.1) is 0 Å². The molecular weight excluding hydrogens is 302 g/mol. The van der Waals surface area contributed by atoms with Crippen LogP contribution in [-0.2, 0) is 4.79 Å². The van der Waals surface area contributed by atoms with E-state index in [0.717, 1.165) is 45.6 Å². The average molecular weight is 329 g/mol. The molecule has 0 spiro atoms. The Hall–Kier alpha value is -1.59. The first-order valence-corrected chi connectivity index (χ1v) is 9.17. The van der Waals surface area contributed by atoms with Crippen molar-refractivity contribution in [3.63, 3.8) is 0 Å². The predicted molar refractivity (Wildman–Crippen MR) is 94.0 cm³/mol. The summed E-state index contributed by atoms with van der Waals surface area (Å²) in [6.45, 7) is 5.83. The summed E-state index contributed by atoms with van der Waals surface area (Å²) in [4.78, 5) is 18.8. The minimum atomic E-state index is -0.723. The Bertz CT molecular complexity index is 582. The number of piperazine rings is 1. The highest BCUT2D eigenvalue weighted by Crippen LogP contribution is 2.34. The minimum absolute atomic E-state index is 0.252. The second-order valence-electron chi connectivity index (χ2n) is 7.61. The van der Waals surface area contributed by atoms with Crippen molar-refractivity contribution in [2.75, 3.05) is 50.7 Å². The molecule has 0 radical (unpaired) electrons. The van der Waals surface area contributed by atoms with E-state index in [1.165, 1.54) is 5.69 Å². The maximum Gasteiger partial charge on any atom is 0.225 e. The number of aliphatic hydroxyl groups is 1. The Morgan fingerprint density at radius 1 is 1.08 bits per heavy atom. The lowest BCUT2D eigenvalue weighted by Crippen LogP contribution is -2.53. The summed E-state index contributed by atoms with van der Waals surface area (Å²) < 4.78 is 0. The Labute approximate surface area is 143 Å². The molecule has 5 heteroatoms. The van der Waals surface area contributed by atoms with Crippen LogP contribution in [-0.4, -0.2) is 72.2 Å². The van der Waals surface area contributed by atoms with Gasteiger partial charge in [-0.1, -0.05) is 18.2 Å². The monoisotopic (exact) mass is 329 g/mol. The molecule has 2 saturated heterocycles. The average Bonchev–Trinajstić information content (AvgIpc) is 3.39. The standard InChI is InChI=1S/C19H27N3O2/c23-18(16-6-7-16)22-9-8-19(24,15-22)14-20-10-12-21(13-11-20)17-4-2-1-3-5-17/h1-5,16,24H,6-15H2/t19-/m1/s1. The highest BCUT2D eigenvalue weighted by Gasteiger charge is 2.43. The zero-order valence-corrected chi connectivity index (χ0v) is 14.2. The molecule has 4 rings (SSSR count). The van der Waals surface area contributed by atoms with Crippen molar-refractivity contribution < 1.29 is 9.90 Å². The van der Waals surface area contributed by atoms with Gasteiger partial charge < -0.3 is 14.9 Å². The van der Waals surface area contributed by atoms with Gasteiger partial charge in [0.25, 0.3) is 0 Å². The predicted octanol–water partition coefficient (Wildman–Crippen LogP) is 1.18. The van der Waals surface area contributed by atoms with Crippen molar-refractivity contribution in [1.29, 1.82) is 0 Å². The van der Waals surface area contributed by atoms with Gasteiger partial charge in [0, 0.05) is 50.9 Å². The highest BCUT2D eigenvalue weighted by atomic mass is 16.3. The zero-order valence-electron chi connectivity index (χ0n) is 14.2. The van der Waals surface area contributed by atoms with E-state index < -0.39 is 5.60 Å². The van der Waals surface area contributed by atoms with Crippen LogP contribution in [0.4, 0.5) is 5.69 Å². The number of benzene rings is 1. The number of hydrogen-bond acceptors (Lipinski definition) is 4. The van der Waals surface area contributed by atoms with Crippen LogP contribution in [0, 0.1) is 5.92 Å². The van der Waals surface area contributed by atoms with Gasteiger partial charge in [-0.25, -0.2) is 0 Å². The number of para-hydroxylation sites is 1. The number of rotatable bonds is 4. The number of carbonyl (C=O) groups excluding carboxylic acids is 1. The van der Waals surface area contributed by atoms with Gasteiger partial charge in [-0.05, 0) is 31.4 Å². The lowest BCUT2D eigenvalue weighted by molar-refractivity contribution is -0.132. The second-order valence-corrected chi connectivity index (χ2v) is 7.61. The largest absolute Gasteiger partial charge is 0.387 e. The first-order chi connectivity index (χ1) is 11.6. The molecular formula is C19H27N3O2. The van der Waals surface area contributed by atoms with Crippen LogP contribution in [0.5, 0.6) is 0 Å². The fourth-order valence-corrected chi connectivity index (χ4v) is 3.98. The van der Waals surface area contributed by atoms with Crippen LogP contribution >= 0.6 is 0 Å². The van der Waals surface area contributed by atoms with Crippen molar-refractivity contribution in [3.05, 3.63) is 30.3 Å². The van der Waals surface area contributed by atoms with Gasteiger partial charge in [0.2, 0.25) is 5.91 Å². The Morgan fingerprint density at radius 3 is 2.46 bits per heavy atom. The fraction of sp³-hybridized carbons (Fsp3) is 0.632. The number of anilines is 1. The molecule has 1 atom stereocenters. The Kier molecular flexibility index (Phi) is 4.22. The van der Waals surface area contributed by atoms with Crippen molar-refractivity contribution in [2.24, 2.45) is 5.92 Å². The molecule has 1 N–H and O–H groups in total. The number of amides is 1. The molecule has 0 bridgehead atoms. The molecule has 1 aromatic carbocycles. The number of nitrogens with zero attached hydrogens (tertiary/aromatic N) is 3. The summed E-state index contributed by atoms with van der Waals surface area (Å²) in [7, 11) is 0. The molecule has 2 heterocycles. The third-order valence-corrected chi connectivity index (χ3v) is 5.58. The minimum Gasteiger partial charge on any atom is -0.387 e. The van der Waals surface area contributed by atoms with Crippen LogP contribution in [0.15, 0.2) is 30.3 Å². The maximum absolute atomic E-state index is 12.2. The maximum atomic E-state index is 12.2. The fourth-order valence-electron chi connectivity index (χ4n) is 3.98. The van der Waals surface area contributed by atoms with Gasteiger partial charge in [-0.2, -0.15) is 0 Å². The van der Waals surface area contributed by atoms with E-state index in [4.69, 9.17) is 0 Å². The first-order valence-electron chi connectivity index (χ1n) is 9.17. The number of hydrogen-bond donors (Lipinski definition) is 1. The third-order valence-electron chi connectivity index (χ3n) is 5.58. The van der Waals surface area contributed by atoms with Crippen molar-refractivity contribution in [3.8, 4) is 0 Å². The summed E-state index contributed by atoms with van der Waals surface area (Å²) in [6.07, 6.45) is 2.79. The van der Waals surface area contributed by atoms with Crippen LogP contribution in [0.3, 0.4) is 0 Å². The highest BCUT2D eigenvalue weighted by molar-refractivity contribution is 5.81. The first kappa shape index (κ1) is 15.9. The van der Waals surface area contributed by atoms with E-state index in [9.17, 15) is 9.90 Å². The van der Waals surface area contributed by atoms with Crippen LogP contribution in [0.1, 0.15) is 19.3 Å². The van der Waals surface area contributed by atoms with Gasteiger partial charge in [-0.3, -0.25) is 9.69 Å². The molecule has 130 valence electrons. The summed E-state index contributed by atoms with van der Waals surface area (Å²) in [5, 5.41) is 10.9. The summed E-state index contributed by atoms with van der Waals surface area (Å²) >= 11 is 0. The number of carbonyl (C=O) groups is 1. The molecule has 1 aromatic rings. The van der Waals surface area contributed by atoms with Crippen molar-refractivity contribution >= 4 is 11.6 Å². The molecule has 0 unspecified atom stereocenters. The quantitative estimate of drug-likeness (QED) is 0.901. The van der Waals surface area contributed by atoms with Gasteiger partial charge in [0.05, 0.1) is 12.1 Å². The molecule has 3 fully saturated rings. The zero-order chi connectivity index (χ0) is 16.6. The Morgan fingerprint density at radius 2 is 1.79 bits per heavy atom. The summed E-state index contributed by atoms with van der Waals surface area (Å²) in [5.74, 6) is 0.515. The van der Waals surface area contributed by atoms with Crippen LogP contribution < -0.4 is 4.90 Å². The SMILES string of the molecule is O=C(C1CC1)N1CC[C@@](O)(CN2CCN(c3ccccc3)CC2)C1. The molecule has 0 aromatic heterocycles. The molecule has 1 saturated carbocycles. The molecule has 1 amide bonds. The molecule has 1 aliphatic carbocycles. The van der Waals surface area contributed by atoms with E-state index in [2.05, 4.69) is 34.1 Å². The lowest BCUT2D eigenvalue weighted by atomic mass is 10.0. The van der Waals surface area contributed by atoms with Crippen LogP contribution in [0.2, 0.25) is 0 Å². The Balaban J connectivity index is 1.28. The molecule has 24 heavy (non-hydrogen) atoms. The number of likely N-dealkylation sites (tertiary alicyclic amines) is 1. The van der Waals surface area contributed by atoms with E-state index >= 15 is 0 Å². The van der Waals surface area contributed by atoms with E-state index in [1.807, 2.05) is 11.0 Å². The van der Waals surface area contributed by atoms with E-state index in [0.29, 0.717) is 19.5 Å². The summed E-state index contributed by atoms with van der Waals surface area (Å²) in [6, 6.07) is 10.5. The van der Waals surface area contributed by atoms with Crippen molar-refractivity contribution in [2.45, 2.75) is 24.9 Å². The van der Waals surface area contributed by atoms with Gasteiger partial charge >= 0.3 is 0 Å². The molecule has 2 aliphatic heterocycles. The van der Waals surface area contributed by atoms with E-state index in [1.54, 1.807) is 0 Å².